The lowest BCUT2D eigenvalue weighted by Gasteiger charge is -2.02. The maximum Gasteiger partial charge on any atom is 0.338 e. The van der Waals surface area contributed by atoms with Gasteiger partial charge in [-0.2, -0.15) is 0 Å². The van der Waals surface area contributed by atoms with Crippen LogP contribution in [0.2, 0.25) is 0 Å². The number of esters is 1. The average Bonchev–Trinajstić information content (AvgIpc) is 2.27. The largest absolute Gasteiger partial charge is 0.462 e. The van der Waals surface area contributed by atoms with Crippen molar-refractivity contribution in [3.8, 4) is 0 Å². The number of carbonyl (C=O) groups is 1. The molecular formula is C12H14O3. The minimum atomic E-state index is -0.322. The Labute approximate surface area is 89.0 Å². The SMILES string of the molecule is CCOC(=O)c1cccc(C=CCO)c1. The number of aliphatic hydroxyl groups excluding tert-OH is 1. The van der Waals surface area contributed by atoms with Crippen LogP contribution in [0.5, 0.6) is 0 Å². The second kappa shape index (κ2) is 5.98. The van der Waals surface area contributed by atoms with E-state index in [0.717, 1.165) is 5.56 Å². The molecule has 0 spiro atoms. The Kier molecular flexibility index (Phi) is 4.57. The van der Waals surface area contributed by atoms with Gasteiger partial charge in [-0.05, 0) is 24.6 Å². The van der Waals surface area contributed by atoms with Gasteiger partial charge in [-0.3, -0.25) is 0 Å². The molecule has 0 atom stereocenters. The van der Waals surface area contributed by atoms with Crippen molar-refractivity contribution < 1.29 is 14.6 Å². The Morgan fingerprint density at radius 3 is 3.00 bits per heavy atom. The molecule has 3 heteroatoms. The van der Waals surface area contributed by atoms with E-state index in [1.807, 2.05) is 6.07 Å². The molecule has 1 rings (SSSR count). The van der Waals surface area contributed by atoms with E-state index in [2.05, 4.69) is 0 Å². The molecule has 0 bridgehead atoms. The highest BCUT2D eigenvalue weighted by Gasteiger charge is 2.05. The van der Waals surface area contributed by atoms with Crippen molar-refractivity contribution in [2.24, 2.45) is 0 Å². The summed E-state index contributed by atoms with van der Waals surface area (Å²) in [6.07, 6.45) is 3.37. The summed E-state index contributed by atoms with van der Waals surface area (Å²) in [6.45, 7) is 2.13. The van der Waals surface area contributed by atoms with E-state index in [0.29, 0.717) is 12.2 Å². The van der Waals surface area contributed by atoms with Crippen LogP contribution in [0.4, 0.5) is 0 Å². The molecule has 0 heterocycles. The summed E-state index contributed by atoms with van der Waals surface area (Å²) in [6, 6.07) is 7.07. The van der Waals surface area contributed by atoms with E-state index >= 15 is 0 Å². The standard InChI is InChI=1S/C12H14O3/c1-2-15-12(14)11-7-3-5-10(9-11)6-4-8-13/h3-7,9,13H,2,8H2,1H3. The maximum atomic E-state index is 11.4. The highest BCUT2D eigenvalue weighted by molar-refractivity contribution is 5.90. The van der Waals surface area contributed by atoms with Crippen LogP contribution in [0, 0.1) is 0 Å². The molecule has 0 aromatic heterocycles. The molecule has 80 valence electrons. The molecule has 0 unspecified atom stereocenters. The van der Waals surface area contributed by atoms with Gasteiger partial charge in [0.1, 0.15) is 0 Å². The molecule has 1 N–H and O–H groups in total. The van der Waals surface area contributed by atoms with Crippen molar-refractivity contribution >= 4 is 12.0 Å². The van der Waals surface area contributed by atoms with Crippen LogP contribution in [0.1, 0.15) is 22.8 Å². The summed E-state index contributed by atoms with van der Waals surface area (Å²) in [5.41, 5.74) is 1.39. The summed E-state index contributed by atoms with van der Waals surface area (Å²) in [7, 11) is 0. The molecule has 1 aromatic rings. The zero-order chi connectivity index (χ0) is 11.1. The minimum absolute atomic E-state index is 0.0103. The zero-order valence-electron chi connectivity index (χ0n) is 8.64. The van der Waals surface area contributed by atoms with Gasteiger partial charge in [0.15, 0.2) is 0 Å². The fourth-order valence-corrected chi connectivity index (χ4v) is 1.17. The molecule has 0 aliphatic rings. The highest BCUT2D eigenvalue weighted by atomic mass is 16.5. The lowest BCUT2D eigenvalue weighted by molar-refractivity contribution is 0.0526. The average molecular weight is 206 g/mol. The van der Waals surface area contributed by atoms with E-state index in [9.17, 15) is 4.79 Å². The molecular weight excluding hydrogens is 192 g/mol. The molecule has 1 aromatic carbocycles. The van der Waals surface area contributed by atoms with E-state index in [-0.39, 0.29) is 12.6 Å². The second-order valence-electron chi connectivity index (χ2n) is 2.93. The van der Waals surface area contributed by atoms with Gasteiger partial charge in [0.05, 0.1) is 18.8 Å². The number of ether oxygens (including phenoxy) is 1. The Bertz CT molecular complexity index is 356. The molecule has 0 saturated carbocycles. The van der Waals surface area contributed by atoms with E-state index < -0.39 is 0 Å². The topological polar surface area (TPSA) is 46.5 Å². The highest BCUT2D eigenvalue weighted by Crippen LogP contribution is 2.08. The van der Waals surface area contributed by atoms with Crippen LogP contribution in [-0.4, -0.2) is 24.3 Å². The van der Waals surface area contributed by atoms with Crippen molar-refractivity contribution in [2.45, 2.75) is 6.92 Å². The van der Waals surface area contributed by atoms with Crippen molar-refractivity contribution in [2.75, 3.05) is 13.2 Å². The Balaban J connectivity index is 2.82. The van der Waals surface area contributed by atoms with Crippen LogP contribution in [0.25, 0.3) is 6.08 Å². The summed E-state index contributed by atoms with van der Waals surface area (Å²) in [4.78, 5) is 11.4. The first-order valence-electron chi connectivity index (χ1n) is 4.82. The first kappa shape index (κ1) is 11.5. The van der Waals surface area contributed by atoms with Crippen LogP contribution in [-0.2, 0) is 4.74 Å². The third-order valence-corrected chi connectivity index (χ3v) is 1.81. The summed E-state index contributed by atoms with van der Waals surface area (Å²) >= 11 is 0. The third kappa shape index (κ3) is 3.56. The Morgan fingerprint density at radius 2 is 2.33 bits per heavy atom. The smallest absolute Gasteiger partial charge is 0.338 e. The molecule has 15 heavy (non-hydrogen) atoms. The van der Waals surface area contributed by atoms with Gasteiger partial charge >= 0.3 is 5.97 Å². The third-order valence-electron chi connectivity index (χ3n) is 1.81. The number of carbonyl (C=O) groups excluding carboxylic acids is 1. The van der Waals surface area contributed by atoms with Crippen molar-refractivity contribution in [1.82, 2.24) is 0 Å². The van der Waals surface area contributed by atoms with Crippen LogP contribution in [0.15, 0.2) is 30.3 Å². The predicted molar refractivity (Wildman–Crippen MR) is 58.5 cm³/mol. The molecule has 0 fully saturated rings. The molecule has 0 aliphatic carbocycles. The van der Waals surface area contributed by atoms with Crippen LogP contribution < -0.4 is 0 Å². The fourth-order valence-electron chi connectivity index (χ4n) is 1.17. The molecule has 0 aliphatic heterocycles. The van der Waals surface area contributed by atoms with E-state index in [4.69, 9.17) is 9.84 Å². The first-order valence-corrected chi connectivity index (χ1v) is 4.82. The van der Waals surface area contributed by atoms with Gasteiger partial charge in [0.25, 0.3) is 0 Å². The summed E-state index contributed by atoms with van der Waals surface area (Å²) in [5, 5.41) is 8.61. The van der Waals surface area contributed by atoms with Crippen LogP contribution in [0.3, 0.4) is 0 Å². The van der Waals surface area contributed by atoms with Gasteiger partial charge in [-0.1, -0.05) is 24.3 Å². The number of aliphatic hydroxyl groups is 1. The minimum Gasteiger partial charge on any atom is -0.462 e. The second-order valence-corrected chi connectivity index (χ2v) is 2.93. The van der Waals surface area contributed by atoms with E-state index in [1.54, 1.807) is 37.3 Å². The van der Waals surface area contributed by atoms with Gasteiger partial charge in [0, 0.05) is 0 Å². The monoisotopic (exact) mass is 206 g/mol. The molecule has 0 radical (unpaired) electrons. The molecule has 0 saturated heterocycles. The van der Waals surface area contributed by atoms with Crippen molar-refractivity contribution in [3.05, 3.63) is 41.5 Å². The lowest BCUT2D eigenvalue weighted by Crippen LogP contribution is -2.04. The molecule has 3 nitrogen and oxygen atoms in total. The first-order chi connectivity index (χ1) is 7.27. The lowest BCUT2D eigenvalue weighted by atomic mass is 10.1. The number of rotatable bonds is 4. The maximum absolute atomic E-state index is 11.4. The van der Waals surface area contributed by atoms with E-state index in [1.165, 1.54) is 0 Å². The van der Waals surface area contributed by atoms with Gasteiger partial charge in [0.2, 0.25) is 0 Å². The van der Waals surface area contributed by atoms with Crippen molar-refractivity contribution in [3.63, 3.8) is 0 Å². The molecule has 0 amide bonds. The summed E-state index contributed by atoms with van der Waals surface area (Å²) in [5.74, 6) is -0.322. The predicted octanol–water partition coefficient (Wildman–Crippen LogP) is 1.87. The zero-order valence-corrected chi connectivity index (χ0v) is 8.64. The van der Waals surface area contributed by atoms with Gasteiger partial charge in [-0.25, -0.2) is 4.79 Å². The normalized spacial score (nSPS) is 10.5. The fraction of sp³-hybridized carbons (Fsp3) is 0.250. The summed E-state index contributed by atoms with van der Waals surface area (Å²) < 4.78 is 4.87. The Hall–Kier alpha value is -1.61. The quantitative estimate of drug-likeness (QED) is 0.765. The Morgan fingerprint density at radius 1 is 1.53 bits per heavy atom. The number of hydrogen-bond acceptors (Lipinski definition) is 3. The number of benzene rings is 1. The number of hydrogen-bond donors (Lipinski definition) is 1. The van der Waals surface area contributed by atoms with Crippen LogP contribution >= 0.6 is 0 Å². The van der Waals surface area contributed by atoms with Gasteiger partial charge in [-0.15, -0.1) is 0 Å². The van der Waals surface area contributed by atoms with Gasteiger partial charge < -0.3 is 9.84 Å². The van der Waals surface area contributed by atoms with Crippen molar-refractivity contribution in [1.29, 1.82) is 0 Å².